The second kappa shape index (κ2) is 7.24. The van der Waals surface area contributed by atoms with E-state index in [1.165, 1.54) is 5.56 Å². The highest BCUT2D eigenvalue weighted by Gasteiger charge is 2.25. The van der Waals surface area contributed by atoms with Crippen LogP contribution in [0.25, 0.3) is 0 Å². The van der Waals surface area contributed by atoms with E-state index < -0.39 is 0 Å². The molecule has 0 aliphatic carbocycles. The van der Waals surface area contributed by atoms with Gasteiger partial charge >= 0.3 is 0 Å². The summed E-state index contributed by atoms with van der Waals surface area (Å²) in [6.45, 7) is 2.95. The van der Waals surface area contributed by atoms with E-state index in [1.54, 1.807) is 23.1 Å². The molecule has 5 nitrogen and oxygen atoms in total. The Morgan fingerprint density at radius 3 is 2.52 bits per heavy atom. The smallest absolute Gasteiger partial charge is 0.254 e. The molecule has 2 aromatic rings. The molecule has 0 atom stereocenters. The molecule has 0 radical (unpaired) electrons. The average molecular weight is 384 g/mol. The van der Waals surface area contributed by atoms with E-state index >= 15 is 0 Å². The molecule has 2 amide bonds. The fourth-order valence-electron chi connectivity index (χ4n) is 3.81. The topological polar surface area (TPSA) is 43.9 Å². The summed E-state index contributed by atoms with van der Waals surface area (Å²) in [4.78, 5) is 30.4. The Morgan fingerprint density at radius 1 is 1.00 bits per heavy atom. The fourth-order valence-corrected chi connectivity index (χ4v) is 4.00. The molecule has 2 aliphatic heterocycles. The lowest BCUT2D eigenvalue weighted by Gasteiger charge is -2.37. The van der Waals surface area contributed by atoms with Crippen molar-refractivity contribution in [2.24, 2.45) is 0 Å². The molecule has 27 heavy (non-hydrogen) atoms. The van der Waals surface area contributed by atoms with Gasteiger partial charge in [0.2, 0.25) is 5.91 Å². The Morgan fingerprint density at radius 2 is 1.78 bits per heavy atom. The van der Waals surface area contributed by atoms with Crippen LogP contribution in [0, 0.1) is 0 Å². The third-order valence-corrected chi connectivity index (χ3v) is 5.65. The Hall–Kier alpha value is -2.53. The molecule has 1 fully saturated rings. The molecule has 2 heterocycles. The maximum absolute atomic E-state index is 12.7. The predicted octanol–water partition coefficient (Wildman–Crippen LogP) is 3.21. The maximum Gasteiger partial charge on any atom is 0.254 e. The van der Waals surface area contributed by atoms with Crippen molar-refractivity contribution in [3.63, 3.8) is 0 Å². The summed E-state index contributed by atoms with van der Waals surface area (Å²) in [6, 6.07) is 13.4. The number of aryl methyl sites for hydroxylation is 1. The standard InChI is InChI=1S/C21H22ClN3O2/c1-23-19-7-6-18(14-15(19)5-8-20(23)26)24-9-11-25(12-10-24)21(27)16-3-2-4-17(22)13-16/h2-4,6-7,13-14H,5,8-12H2,1H3. The summed E-state index contributed by atoms with van der Waals surface area (Å²) in [5.41, 5.74) is 4.01. The monoisotopic (exact) mass is 383 g/mol. The van der Waals surface area contributed by atoms with Crippen molar-refractivity contribution in [3.05, 3.63) is 58.6 Å². The van der Waals surface area contributed by atoms with Gasteiger partial charge in [0.05, 0.1) is 0 Å². The number of nitrogens with zero attached hydrogens (tertiary/aromatic N) is 3. The highest BCUT2D eigenvalue weighted by atomic mass is 35.5. The molecular weight excluding hydrogens is 362 g/mol. The van der Waals surface area contributed by atoms with Gasteiger partial charge in [-0.15, -0.1) is 0 Å². The summed E-state index contributed by atoms with van der Waals surface area (Å²) in [6.07, 6.45) is 1.36. The normalized spacial score (nSPS) is 17.1. The number of rotatable bonds is 2. The number of piperazine rings is 1. The predicted molar refractivity (Wildman–Crippen MR) is 108 cm³/mol. The lowest BCUT2D eigenvalue weighted by atomic mass is 10.0. The fraction of sp³-hybridized carbons (Fsp3) is 0.333. The molecule has 2 aliphatic rings. The minimum absolute atomic E-state index is 0.0303. The summed E-state index contributed by atoms with van der Waals surface area (Å²) in [5, 5.41) is 0.581. The highest BCUT2D eigenvalue weighted by Crippen LogP contribution is 2.31. The third-order valence-electron chi connectivity index (χ3n) is 5.41. The number of anilines is 2. The van der Waals surface area contributed by atoms with Crippen molar-refractivity contribution in [1.29, 1.82) is 0 Å². The zero-order valence-electron chi connectivity index (χ0n) is 15.3. The van der Waals surface area contributed by atoms with E-state index in [2.05, 4.69) is 17.0 Å². The molecule has 0 spiro atoms. The van der Waals surface area contributed by atoms with E-state index in [0.29, 0.717) is 30.1 Å². The van der Waals surface area contributed by atoms with E-state index in [4.69, 9.17) is 11.6 Å². The highest BCUT2D eigenvalue weighted by molar-refractivity contribution is 6.30. The van der Waals surface area contributed by atoms with Crippen LogP contribution in [0.15, 0.2) is 42.5 Å². The maximum atomic E-state index is 12.7. The van der Waals surface area contributed by atoms with E-state index in [1.807, 2.05) is 24.1 Å². The summed E-state index contributed by atoms with van der Waals surface area (Å²) < 4.78 is 0. The molecule has 0 bridgehead atoms. The van der Waals surface area contributed by atoms with E-state index in [-0.39, 0.29) is 11.8 Å². The zero-order valence-corrected chi connectivity index (χ0v) is 16.1. The minimum atomic E-state index is 0.0303. The molecule has 0 saturated carbocycles. The first kappa shape index (κ1) is 17.9. The SMILES string of the molecule is CN1C(=O)CCc2cc(N3CCN(C(=O)c4cccc(Cl)c4)CC3)ccc21. The first-order valence-electron chi connectivity index (χ1n) is 9.22. The van der Waals surface area contributed by atoms with Gasteiger partial charge in [0, 0.05) is 61.6 Å². The first-order chi connectivity index (χ1) is 13.0. The minimum Gasteiger partial charge on any atom is -0.368 e. The average Bonchev–Trinajstić information content (AvgIpc) is 2.70. The molecule has 0 aromatic heterocycles. The lowest BCUT2D eigenvalue weighted by Crippen LogP contribution is -2.48. The van der Waals surface area contributed by atoms with Gasteiger partial charge < -0.3 is 14.7 Å². The second-order valence-corrected chi connectivity index (χ2v) is 7.49. The molecule has 2 aromatic carbocycles. The Balaban J connectivity index is 1.44. The quantitative estimate of drug-likeness (QED) is 0.799. The largest absolute Gasteiger partial charge is 0.368 e. The summed E-state index contributed by atoms with van der Waals surface area (Å²) >= 11 is 6.00. The van der Waals surface area contributed by atoms with Crippen molar-refractivity contribution < 1.29 is 9.59 Å². The van der Waals surface area contributed by atoms with Crippen LogP contribution in [0.3, 0.4) is 0 Å². The number of halogens is 1. The number of benzene rings is 2. The molecule has 0 N–H and O–H groups in total. The van der Waals surface area contributed by atoms with Crippen molar-refractivity contribution in [1.82, 2.24) is 4.90 Å². The summed E-state index contributed by atoms with van der Waals surface area (Å²) in [5.74, 6) is 0.200. The lowest BCUT2D eigenvalue weighted by molar-refractivity contribution is -0.118. The van der Waals surface area contributed by atoms with Crippen molar-refractivity contribution in [2.45, 2.75) is 12.8 Å². The second-order valence-electron chi connectivity index (χ2n) is 7.06. The Bertz CT molecular complexity index is 891. The molecule has 1 saturated heterocycles. The van der Waals surface area contributed by atoms with Gasteiger partial charge in [0.1, 0.15) is 0 Å². The number of hydrogen-bond donors (Lipinski definition) is 0. The van der Waals surface area contributed by atoms with Crippen LogP contribution in [0.4, 0.5) is 11.4 Å². The van der Waals surface area contributed by atoms with Gasteiger partial charge in [-0.25, -0.2) is 0 Å². The molecule has 6 heteroatoms. The third kappa shape index (κ3) is 3.52. The molecule has 4 rings (SSSR count). The van der Waals surface area contributed by atoms with Crippen LogP contribution < -0.4 is 9.80 Å². The van der Waals surface area contributed by atoms with E-state index in [0.717, 1.165) is 30.9 Å². The first-order valence-corrected chi connectivity index (χ1v) is 9.60. The van der Waals surface area contributed by atoms with Crippen LogP contribution in [-0.2, 0) is 11.2 Å². The molecular formula is C21H22ClN3O2. The number of hydrogen-bond acceptors (Lipinski definition) is 3. The van der Waals surface area contributed by atoms with Crippen LogP contribution in [0.5, 0.6) is 0 Å². The van der Waals surface area contributed by atoms with Gasteiger partial charge in [-0.3, -0.25) is 9.59 Å². The molecule has 140 valence electrons. The van der Waals surface area contributed by atoms with Crippen molar-refractivity contribution in [2.75, 3.05) is 43.0 Å². The van der Waals surface area contributed by atoms with Gasteiger partial charge in [-0.2, -0.15) is 0 Å². The van der Waals surface area contributed by atoms with Gasteiger partial charge in [0.25, 0.3) is 5.91 Å². The zero-order chi connectivity index (χ0) is 19.0. The Labute approximate surface area is 164 Å². The summed E-state index contributed by atoms with van der Waals surface area (Å²) in [7, 11) is 1.83. The Kier molecular flexibility index (Phi) is 4.79. The van der Waals surface area contributed by atoms with Gasteiger partial charge in [-0.1, -0.05) is 17.7 Å². The van der Waals surface area contributed by atoms with Crippen molar-refractivity contribution in [3.8, 4) is 0 Å². The number of amides is 2. The van der Waals surface area contributed by atoms with Crippen LogP contribution in [-0.4, -0.2) is 49.9 Å². The van der Waals surface area contributed by atoms with Gasteiger partial charge in [0.15, 0.2) is 0 Å². The van der Waals surface area contributed by atoms with E-state index in [9.17, 15) is 9.59 Å². The molecule has 0 unspecified atom stereocenters. The van der Waals surface area contributed by atoms with Gasteiger partial charge in [-0.05, 0) is 48.4 Å². The number of fused-ring (bicyclic) bond motifs is 1. The van der Waals surface area contributed by atoms with Crippen molar-refractivity contribution >= 4 is 34.8 Å². The number of carbonyl (C=O) groups is 2. The number of carbonyl (C=O) groups excluding carboxylic acids is 2. The van der Waals surface area contributed by atoms with Crippen LogP contribution >= 0.6 is 11.6 Å². The van der Waals surface area contributed by atoms with Crippen LogP contribution in [0.2, 0.25) is 5.02 Å². The van der Waals surface area contributed by atoms with Crippen LogP contribution in [0.1, 0.15) is 22.3 Å².